The highest BCUT2D eigenvalue weighted by Crippen LogP contribution is 2.33. The summed E-state index contributed by atoms with van der Waals surface area (Å²) in [5, 5.41) is 2.99. The molecule has 2 atom stereocenters. The van der Waals surface area contributed by atoms with Gasteiger partial charge in [0.1, 0.15) is 11.9 Å². The number of fused-ring (bicyclic) bond motifs is 1. The lowest BCUT2D eigenvalue weighted by Crippen LogP contribution is -2.43. The van der Waals surface area contributed by atoms with Gasteiger partial charge in [-0.15, -0.1) is 0 Å². The molecule has 1 aliphatic carbocycles. The van der Waals surface area contributed by atoms with E-state index in [1.54, 1.807) is 42.3 Å². The SMILES string of the molecule is COC(=O)C1CCc2ccc(S(=O)(=O)NC3CCC(C(=O)N[C@H](C)c4ccc(F)cc4)CC3)cc2N1C. The maximum absolute atomic E-state index is 13.2. The second-order valence-corrected chi connectivity index (χ2v) is 11.6. The summed E-state index contributed by atoms with van der Waals surface area (Å²) in [6.45, 7) is 1.86. The second kappa shape index (κ2) is 11.2. The van der Waals surface area contributed by atoms with Crippen LogP contribution in [0.1, 0.15) is 56.2 Å². The molecule has 1 fully saturated rings. The number of ether oxygens (including phenoxy) is 1. The highest BCUT2D eigenvalue weighted by Gasteiger charge is 2.33. The number of hydrogen-bond donors (Lipinski definition) is 2. The number of sulfonamides is 1. The molecule has 0 spiro atoms. The third kappa shape index (κ3) is 6.13. The number of aryl methyl sites for hydroxylation is 1. The van der Waals surface area contributed by atoms with Crippen LogP contribution in [0.2, 0.25) is 0 Å². The van der Waals surface area contributed by atoms with Crippen molar-refractivity contribution in [2.45, 2.75) is 68.5 Å². The van der Waals surface area contributed by atoms with Crippen LogP contribution < -0.4 is 14.9 Å². The summed E-state index contributed by atoms with van der Waals surface area (Å²) in [6.07, 6.45) is 3.53. The third-order valence-electron chi connectivity index (χ3n) is 7.52. The van der Waals surface area contributed by atoms with Crippen LogP contribution >= 0.6 is 0 Å². The molecule has 1 saturated carbocycles. The fourth-order valence-electron chi connectivity index (χ4n) is 5.24. The number of likely N-dealkylation sites (N-methyl/N-ethyl adjacent to an activating group) is 1. The summed E-state index contributed by atoms with van der Waals surface area (Å²) < 4.78 is 47.2. The van der Waals surface area contributed by atoms with Crippen molar-refractivity contribution >= 4 is 27.6 Å². The van der Waals surface area contributed by atoms with E-state index in [-0.39, 0.29) is 40.6 Å². The van der Waals surface area contributed by atoms with Crippen LogP contribution in [0.3, 0.4) is 0 Å². The molecule has 4 rings (SSSR count). The van der Waals surface area contributed by atoms with Crippen LogP contribution in [0.25, 0.3) is 0 Å². The van der Waals surface area contributed by atoms with Crippen molar-refractivity contribution in [3.63, 3.8) is 0 Å². The topological polar surface area (TPSA) is 105 Å². The number of hydrogen-bond acceptors (Lipinski definition) is 6. The normalized spacial score (nSPS) is 22.6. The van der Waals surface area contributed by atoms with Crippen LogP contribution in [0.5, 0.6) is 0 Å². The van der Waals surface area contributed by atoms with Gasteiger partial charge in [0.2, 0.25) is 15.9 Å². The second-order valence-electron chi connectivity index (χ2n) is 9.93. The van der Waals surface area contributed by atoms with Crippen LogP contribution in [0.4, 0.5) is 10.1 Å². The van der Waals surface area contributed by atoms with E-state index in [9.17, 15) is 22.4 Å². The lowest BCUT2D eigenvalue weighted by molar-refractivity contribution is -0.142. The van der Waals surface area contributed by atoms with Gasteiger partial charge in [0.25, 0.3) is 0 Å². The minimum Gasteiger partial charge on any atom is -0.467 e. The van der Waals surface area contributed by atoms with Crippen LogP contribution in [0.15, 0.2) is 47.4 Å². The molecule has 2 aromatic carbocycles. The van der Waals surface area contributed by atoms with E-state index in [0.717, 1.165) is 11.1 Å². The van der Waals surface area contributed by atoms with Crippen LogP contribution in [0, 0.1) is 11.7 Å². The summed E-state index contributed by atoms with van der Waals surface area (Å²) >= 11 is 0. The Morgan fingerprint density at radius 2 is 1.73 bits per heavy atom. The number of nitrogens with one attached hydrogen (secondary N) is 2. The Morgan fingerprint density at radius 3 is 2.38 bits per heavy atom. The predicted molar refractivity (Wildman–Crippen MR) is 138 cm³/mol. The molecule has 0 radical (unpaired) electrons. The predicted octanol–water partition coefficient (Wildman–Crippen LogP) is 3.46. The summed E-state index contributed by atoms with van der Waals surface area (Å²) in [6, 6.07) is 10.1. The monoisotopic (exact) mass is 531 g/mol. The molecule has 2 aromatic rings. The number of amides is 1. The van der Waals surface area contributed by atoms with Crippen molar-refractivity contribution in [2.24, 2.45) is 5.92 Å². The van der Waals surface area contributed by atoms with Crippen molar-refractivity contribution in [1.82, 2.24) is 10.0 Å². The molecule has 200 valence electrons. The van der Waals surface area contributed by atoms with E-state index >= 15 is 0 Å². The molecule has 0 aromatic heterocycles. The standard InChI is InChI=1S/C27H34FN3O5S/c1-17(18-4-10-21(28)11-5-18)29-26(32)20-6-12-22(13-7-20)30-37(34,35)23-14-8-19-9-15-24(27(33)36-3)31(2)25(19)16-23/h4-5,8,10-11,14,16-17,20,22,24,30H,6-7,9,12-13,15H2,1-3H3,(H,29,32)/t17-,20?,22?,24?/m1/s1. The number of carbonyl (C=O) groups is 2. The number of benzene rings is 2. The Bertz CT molecular complexity index is 1240. The average Bonchev–Trinajstić information content (AvgIpc) is 2.88. The van der Waals surface area contributed by atoms with Crippen molar-refractivity contribution < 1.29 is 27.1 Å². The molecule has 0 saturated heterocycles. The van der Waals surface area contributed by atoms with Gasteiger partial charge in [-0.2, -0.15) is 0 Å². The van der Waals surface area contributed by atoms with Gasteiger partial charge in [0.15, 0.2) is 0 Å². The summed E-state index contributed by atoms with van der Waals surface area (Å²) in [5.74, 6) is -0.935. The van der Waals surface area contributed by atoms with E-state index in [4.69, 9.17) is 4.74 Å². The highest BCUT2D eigenvalue weighted by atomic mass is 32.2. The van der Waals surface area contributed by atoms with Gasteiger partial charge in [0.05, 0.1) is 18.0 Å². The van der Waals surface area contributed by atoms with E-state index in [1.807, 2.05) is 6.92 Å². The molecule has 1 heterocycles. The highest BCUT2D eigenvalue weighted by molar-refractivity contribution is 7.89. The first-order valence-electron chi connectivity index (χ1n) is 12.6. The fraction of sp³-hybridized carbons (Fsp3) is 0.481. The van der Waals surface area contributed by atoms with Crippen molar-refractivity contribution in [1.29, 1.82) is 0 Å². The summed E-state index contributed by atoms with van der Waals surface area (Å²) in [4.78, 5) is 26.8. The summed E-state index contributed by atoms with van der Waals surface area (Å²) in [5.41, 5.74) is 2.52. The molecule has 2 N–H and O–H groups in total. The first-order chi connectivity index (χ1) is 17.6. The van der Waals surface area contributed by atoms with Gasteiger partial charge in [0, 0.05) is 24.7 Å². The van der Waals surface area contributed by atoms with Crippen molar-refractivity contribution in [2.75, 3.05) is 19.1 Å². The van der Waals surface area contributed by atoms with E-state index in [2.05, 4.69) is 10.0 Å². The molecule has 37 heavy (non-hydrogen) atoms. The molecule has 10 heteroatoms. The van der Waals surface area contributed by atoms with E-state index in [1.165, 1.54) is 19.2 Å². The number of anilines is 1. The number of halogens is 1. The van der Waals surface area contributed by atoms with Gasteiger partial charge >= 0.3 is 5.97 Å². The lowest BCUT2D eigenvalue weighted by Gasteiger charge is -2.34. The number of nitrogens with zero attached hydrogens (tertiary/aromatic N) is 1. The smallest absolute Gasteiger partial charge is 0.328 e. The zero-order valence-corrected chi connectivity index (χ0v) is 22.2. The van der Waals surface area contributed by atoms with E-state index in [0.29, 0.717) is 44.2 Å². The molecule has 1 amide bonds. The Balaban J connectivity index is 1.34. The zero-order valence-electron chi connectivity index (χ0n) is 21.4. The van der Waals surface area contributed by atoms with Crippen LogP contribution in [-0.2, 0) is 30.8 Å². The Kier molecular flexibility index (Phi) is 8.18. The molecular weight excluding hydrogens is 497 g/mol. The number of esters is 1. The Hall–Kier alpha value is -2.98. The fourth-order valence-corrected chi connectivity index (χ4v) is 6.57. The maximum Gasteiger partial charge on any atom is 0.328 e. The quantitative estimate of drug-likeness (QED) is 0.531. The van der Waals surface area contributed by atoms with Crippen molar-refractivity contribution in [3.8, 4) is 0 Å². The lowest BCUT2D eigenvalue weighted by atomic mass is 9.85. The minimum atomic E-state index is -3.78. The van der Waals surface area contributed by atoms with Gasteiger partial charge in [-0.3, -0.25) is 4.79 Å². The van der Waals surface area contributed by atoms with Gasteiger partial charge in [-0.1, -0.05) is 18.2 Å². The molecule has 8 nitrogen and oxygen atoms in total. The largest absolute Gasteiger partial charge is 0.467 e. The first-order valence-corrected chi connectivity index (χ1v) is 14.1. The van der Waals surface area contributed by atoms with Crippen LogP contribution in [-0.4, -0.2) is 46.5 Å². The zero-order chi connectivity index (χ0) is 26.7. The Morgan fingerprint density at radius 1 is 1.05 bits per heavy atom. The number of methoxy groups -OCH3 is 1. The minimum absolute atomic E-state index is 0.0731. The van der Waals surface area contributed by atoms with E-state index < -0.39 is 16.1 Å². The van der Waals surface area contributed by atoms with Gasteiger partial charge in [-0.25, -0.2) is 22.3 Å². The number of carbonyl (C=O) groups excluding carboxylic acids is 2. The molecule has 1 aliphatic heterocycles. The maximum atomic E-state index is 13.2. The molecular formula is C27H34FN3O5S. The van der Waals surface area contributed by atoms with Gasteiger partial charge in [-0.05, 0) is 80.8 Å². The molecule has 2 aliphatic rings. The average molecular weight is 532 g/mol. The van der Waals surface area contributed by atoms with Crippen molar-refractivity contribution in [3.05, 3.63) is 59.4 Å². The Labute approximate surface area is 217 Å². The molecule has 1 unspecified atom stereocenters. The molecule has 0 bridgehead atoms. The number of rotatable bonds is 7. The first kappa shape index (κ1) is 27.1. The summed E-state index contributed by atoms with van der Waals surface area (Å²) in [7, 11) is -0.662. The third-order valence-corrected chi connectivity index (χ3v) is 9.04. The van der Waals surface area contributed by atoms with Gasteiger partial charge < -0.3 is 15.0 Å².